The Balaban J connectivity index is 1.65. The minimum absolute atomic E-state index is 0.0566. The lowest BCUT2D eigenvalue weighted by atomic mass is 9.57. The van der Waals surface area contributed by atoms with Crippen LogP contribution in [0.3, 0.4) is 0 Å². The van der Waals surface area contributed by atoms with Crippen LogP contribution in [0.1, 0.15) is 36.0 Å². The van der Waals surface area contributed by atoms with Gasteiger partial charge < -0.3 is 26.2 Å². The zero-order chi connectivity index (χ0) is 26.8. The van der Waals surface area contributed by atoms with Gasteiger partial charge in [-0.15, -0.1) is 0 Å². The first-order chi connectivity index (χ1) is 17.5. The molecule has 1 aliphatic heterocycles. The molecule has 1 aromatic rings. The van der Waals surface area contributed by atoms with E-state index >= 15 is 0 Å². The third-order valence-corrected chi connectivity index (χ3v) is 8.12. The summed E-state index contributed by atoms with van der Waals surface area (Å²) in [6.07, 6.45) is 2.26. The van der Waals surface area contributed by atoms with Gasteiger partial charge in [0.05, 0.1) is 18.2 Å². The van der Waals surface area contributed by atoms with Gasteiger partial charge in [-0.25, -0.2) is 0 Å². The summed E-state index contributed by atoms with van der Waals surface area (Å²) in [6.45, 7) is 1.76. The Bertz CT molecular complexity index is 1260. The van der Waals surface area contributed by atoms with Gasteiger partial charge in [-0.1, -0.05) is 6.07 Å². The van der Waals surface area contributed by atoms with Crippen molar-refractivity contribution in [2.45, 2.75) is 43.9 Å². The number of amides is 1. The van der Waals surface area contributed by atoms with Crippen LogP contribution in [0.5, 0.6) is 5.75 Å². The lowest BCUT2D eigenvalue weighted by Gasteiger charge is -2.50. The molecule has 3 aliphatic carbocycles. The molecule has 0 spiro atoms. The standard InChI is InChI=1S/C26H31N3O8/c1-28(2)20-15-10-13-9-14-12(11-29-7-3-4-8-37-29)5-6-16(30)18(14)21(31)17(13)23(33)26(15,36)24(34)19(22(20)32)25(27)35/h5-6,13,15,20,30-31,34,36H,3-4,7-11H2,1-2H3,(H2,27,35)/t13-,15-,20-,26-/m0/s1. The maximum absolute atomic E-state index is 13.8. The highest BCUT2D eigenvalue weighted by atomic mass is 16.7. The molecule has 0 unspecified atom stereocenters. The molecule has 4 aliphatic rings. The molecule has 1 heterocycles. The van der Waals surface area contributed by atoms with Crippen LogP contribution in [0, 0.1) is 11.8 Å². The zero-order valence-corrected chi connectivity index (χ0v) is 20.7. The summed E-state index contributed by atoms with van der Waals surface area (Å²) < 4.78 is 0. The molecular weight excluding hydrogens is 482 g/mol. The number of aliphatic hydroxyl groups excluding tert-OH is 2. The minimum Gasteiger partial charge on any atom is -0.508 e. The third kappa shape index (κ3) is 3.68. The van der Waals surface area contributed by atoms with Crippen LogP contribution in [-0.4, -0.2) is 86.8 Å². The maximum Gasteiger partial charge on any atom is 0.255 e. The van der Waals surface area contributed by atoms with E-state index in [1.54, 1.807) is 20.2 Å². The van der Waals surface area contributed by atoms with E-state index in [9.17, 15) is 34.8 Å². The number of hydrogen-bond donors (Lipinski definition) is 5. The molecule has 37 heavy (non-hydrogen) atoms. The Morgan fingerprint density at radius 3 is 2.57 bits per heavy atom. The maximum atomic E-state index is 13.8. The average molecular weight is 514 g/mol. The first-order valence-electron chi connectivity index (χ1n) is 12.3. The van der Waals surface area contributed by atoms with Gasteiger partial charge in [-0.3, -0.25) is 24.1 Å². The SMILES string of the molecule is CN(C)[C@@H]1C(=O)C(C(N)=O)=C(O)[C@@]2(O)C(=O)C3=C(O)c4c(O)ccc(CN5CCCCO5)c4C[C@H]3C[C@@H]12. The first-order valence-corrected chi connectivity index (χ1v) is 12.3. The molecule has 198 valence electrons. The molecule has 4 atom stereocenters. The zero-order valence-electron chi connectivity index (χ0n) is 20.7. The van der Waals surface area contributed by atoms with Gasteiger partial charge in [0, 0.05) is 24.6 Å². The first kappa shape index (κ1) is 25.4. The second-order valence-electron chi connectivity index (χ2n) is 10.5. The lowest BCUT2D eigenvalue weighted by molar-refractivity contribution is -0.187. The highest BCUT2D eigenvalue weighted by molar-refractivity contribution is 6.24. The summed E-state index contributed by atoms with van der Waals surface area (Å²) in [5.41, 5.74) is 3.28. The topological polar surface area (TPSA) is 174 Å². The summed E-state index contributed by atoms with van der Waals surface area (Å²) in [7, 11) is 3.14. The molecule has 6 N–H and O–H groups in total. The van der Waals surface area contributed by atoms with E-state index in [0.717, 1.165) is 24.9 Å². The molecular formula is C26H31N3O8. The number of fused-ring (bicyclic) bond motifs is 3. The summed E-state index contributed by atoms with van der Waals surface area (Å²) in [6, 6.07) is 2.08. The van der Waals surface area contributed by atoms with Crippen molar-refractivity contribution in [3.05, 3.63) is 45.7 Å². The van der Waals surface area contributed by atoms with Crippen molar-refractivity contribution in [3.63, 3.8) is 0 Å². The van der Waals surface area contributed by atoms with E-state index in [0.29, 0.717) is 18.7 Å². The van der Waals surface area contributed by atoms with Crippen molar-refractivity contribution in [1.29, 1.82) is 0 Å². The van der Waals surface area contributed by atoms with Crippen LogP contribution < -0.4 is 5.73 Å². The number of phenols is 1. The number of aliphatic hydroxyl groups is 3. The van der Waals surface area contributed by atoms with Gasteiger partial charge in [0.25, 0.3) is 5.91 Å². The predicted octanol–water partition coefficient (Wildman–Crippen LogP) is 0.491. The Labute approximate surface area is 213 Å². The molecule has 1 amide bonds. The Kier molecular flexibility index (Phi) is 6.14. The predicted molar refractivity (Wildman–Crippen MR) is 130 cm³/mol. The number of likely N-dealkylation sites (N-methyl/N-ethyl adjacent to an activating group) is 1. The largest absolute Gasteiger partial charge is 0.508 e. The van der Waals surface area contributed by atoms with Gasteiger partial charge in [-0.05, 0) is 62.9 Å². The van der Waals surface area contributed by atoms with E-state index in [4.69, 9.17) is 10.6 Å². The molecule has 11 heteroatoms. The number of Topliss-reactive ketones (excluding diaryl/α,β-unsaturated/α-hetero) is 2. The summed E-state index contributed by atoms with van der Waals surface area (Å²) in [4.78, 5) is 46.3. The van der Waals surface area contributed by atoms with Crippen LogP contribution in [0.4, 0.5) is 0 Å². The molecule has 1 aromatic carbocycles. The van der Waals surface area contributed by atoms with Gasteiger partial charge in [0.1, 0.15) is 22.8 Å². The summed E-state index contributed by atoms with van der Waals surface area (Å²) >= 11 is 0. The van der Waals surface area contributed by atoms with E-state index < -0.39 is 58.0 Å². The van der Waals surface area contributed by atoms with Gasteiger partial charge >= 0.3 is 0 Å². The number of nitrogens with two attached hydrogens (primary N) is 1. The molecule has 5 rings (SSSR count). The van der Waals surface area contributed by atoms with Crippen LogP contribution in [-0.2, 0) is 32.2 Å². The van der Waals surface area contributed by atoms with E-state index in [1.807, 2.05) is 5.06 Å². The average Bonchev–Trinajstić information content (AvgIpc) is 2.83. The number of aromatic hydroxyl groups is 1. The van der Waals surface area contributed by atoms with Crippen molar-refractivity contribution in [1.82, 2.24) is 9.96 Å². The van der Waals surface area contributed by atoms with Crippen molar-refractivity contribution in [2.75, 3.05) is 27.2 Å². The lowest BCUT2D eigenvalue weighted by Crippen LogP contribution is -2.65. The monoisotopic (exact) mass is 513 g/mol. The molecule has 1 saturated heterocycles. The normalized spacial score (nSPS) is 30.3. The Hall–Kier alpha value is -3.25. The smallest absolute Gasteiger partial charge is 0.255 e. The molecule has 1 saturated carbocycles. The van der Waals surface area contributed by atoms with Gasteiger partial charge in [0.15, 0.2) is 11.4 Å². The van der Waals surface area contributed by atoms with E-state index in [2.05, 4.69) is 0 Å². The van der Waals surface area contributed by atoms with Crippen LogP contribution >= 0.6 is 0 Å². The number of nitrogens with zero attached hydrogens (tertiary/aromatic N) is 2. The van der Waals surface area contributed by atoms with Crippen molar-refractivity contribution in [2.24, 2.45) is 17.6 Å². The molecule has 2 fully saturated rings. The van der Waals surface area contributed by atoms with Crippen LogP contribution in [0.15, 0.2) is 29.0 Å². The summed E-state index contributed by atoms with van der Waals surface area (Å²) in [5.74, 6) is -6.57. The van der Waals surface area contributed by atoms with Crippen molar-refractivity contribution in [3.8, 4) is 5.75 Å². The highest BCUT2D eigenvalue weighted by Gasteiger charge is 2.64. The second-order valence-corrected chi connectivity index (χ2v) is 10.5. The fourth-order valence-corrected chi connectivity index (χ4v) is 6.42. The van der Waals surface area contributed by atoms with E-state index in [1.165, 1.54) is 11.0 Å². The number of hydroxylamine groups is 2. The molecule has 0 bridgehead atoms. The number of carbonyl (C=O) groups excluding carboxylic acids is 3. The second kappa shape index (κ2) is 8.95. The number of hydrogen-bond acceptors (Lipinski definition) is 10. The van der Waals surface area contributed by atoms with Crippen molar-refractivity contribution >= 4 is 23.2 Å². The van der Waals surface area contributed by atoms with Crippen LogP contribution in [0.25, 0.3) is 5.76 Å². The fraction of sp³-hybridized carbons (Fsp3) is 0.500. The van der Waals surface area contributed by atoms with Crippen LogP contribution in [0.2, 0.25) is 0 Å². The fourth-order valence-electron chi connectivity index (χ4n) is 6.42. The number of ketones is 2. The molecule has 0 radical (unpaired) electrons. The third-order valence-electron chi connectivity index (χ3n) is 8.12. The number of carbonyl (C=O) groups is 3. The summed E-state index contributed by atoms with van der Waals surface area (Å²) in [5, 5.41) is 46.3. The van der Waals surface area contributed by atoms with Crippen molar-refractivity contribution < 1.29 is 39.6 Å². The van der Waals surface area contributed by atoms with Gasteiger partial charge in [0.2, 0.25) is 5.78 Å². The quantitative estimate of drug-likeness (QED) is 0.357. The number of benzene rings is 1. The molecule has 0 aromatic heterocycles. The number of primary amides is 1. The van der Waals surface area contributed by atoms with E-state index in [-0.39, 0.29) is 29.7 Å². The number of phenolic OH excluding ortho intramolecular Hbond substituents is 1. The molecule has 11 nitrogen and oxygen atoms in total. The Morgan fingerprint density at radius 1 is 1.22 bits per heavy atom. The minimum atomic E-state index is -2.64. The Morgan fingerprint density at radius 2 is 1.95 bits per heavy atom. The highest BCUT2D eigenvalue weighted by Crippen LogP contribution is 2.53. The van der Waals surface area contributed by atoms with Gasteiger partial charge in [-0.2, -0.15) is 5.06 Å². The number of rotatable bonds is 4.